The van der Waals surface area contributed by atoms with Gasteiger partial charge in [0.15, 0.2) is 0 Å². The van der Waals surface area contributed by atoms with Gasteiger partial charge in [-0.2, -0.15) is 0 Å². The van der Waals surface area contributed by atoms with Gasteiger partial charge in [0.2, 0.25) is 0 Å². The summed E-state index contributed by atoms with van der Waals surface area (Å²) >= 11 is 0. The molecule has 0 aromatic heterocycles. The van der Waals surface area contributed by atoms with Crippen LogP contribution < -0.4 is 15.4 Å². The van der Waals surface area contributed by atoms with E-state index in [4.69, 9.17) is 4.74 Å². The molecule has 3 rings (SSSR count). The summed E-state index contributed by atoms with van der Waals surface area (Å²) in [5.41, 5.74) is 2.34. The Bertz CT molecular complexity index is 1020. The average Bonchev–Trinajstić information content (AvgIpc) is 2.70. The lowest BCUT2D eigenvalue weighted by molar-refractivity contribution is 0.101. The lowest BCUT2D eigenvalue weighted by Gasteiger charge is -2.13. The van der Waals surface area contributed by atoms with Crippen molar-refractivity contribution in [3.05, 3.63) is 89.2 Å². The van der Waals surface area contributed by atoms with Crippen LogP contribution in [0, 0.1) is 12.7 Å². The fourth-order valence-corrected chi connectivity index (χ4v) is 2.67. The summed E-state index contributed by atoms with van der Waals surface area (Å²) < 4.78 is 18.7. The molecular weight excluding hydrogens is 359 g/mol. The van der Waals surface area contributed by atoms with Crippen LogP contribution in [0.4, 0.5) is 15.8 Å². The number of anilines is 2. The number of methoxy groups -OCH3 is 1. The number of amides is 2. The van der Waals surface area contributed by atoms with E-state index in [0.29, 0.717) is 16.9 Å². The Balaban J connectivity index is 1.83. The Hall–Kier alpha value is -3.67. The number of hydrogen-bond acceptors (Lipinski definition) is 3. The van der Waals surface area contributed by atoms with Crippen LogP contribution in [0.25, 0.3) is 0 Å². The first-order valence-corrected chi connectivity index (χ1v) is 8.60. The third-order valence-electron chi connectivity index (χ3n) is 4.19. The number of carbonyl (C=O) groups excluding carboxylic acids is 2. The maximum absolute atomic E-state index is 13.6. The van der Waals surface area contributed by atoms with Crippen molar-refractivity contribution < 1.29 is 18.7 Å². The summed E-state index contributed by atoms with van der Waals surface area (Å²) in [6, 6.07) is 17.8. The van der Waals surface area contributed by atoms with Gasteiger partial charge in [0, 0.05) is 16.9 Å². The molecule has 0 bridgehead atoms. The Kier molecular flexibility index (Phi) is 5.69. The quantitative estimate of drug-likeness (QED) is 0.679. The fraction of sp³-hybridized carbons (Fsp3) is 0.0909. The molecule has 0 aliphatic rings. The minimum atomic E-state index is -0.543. The van der Waals surface area contributed by atoms with Gasteiger partial charge < -0.3 is 15.4 Å². The second-order valence-electron chi connectivity index (χ2n) is 6.15. The molecular formula is C22H19FN2O3. The largest absolute Gasteiger partial charge is 0.496 e. The van der Waals surface area contributed by atoms with Gasteiger partial charge in [-0.05, 0) is 55.0 Å². The maximum atomic E-state index is 13.6. The second kappa shape index (κ2) is 8.35. The molecule has 3 aromatic rings. The number of halogens is 1. The normalized spacial score (nSPS) is 10.2. The summed E-state index contributed by atoms with van der Waals surface area (Å²) in [5, 5.41) is 5.52. The Labute approximate surface area is 162 Å². The van der Waals surface area contributed by atoms with E-state index < -0.39 is 11.7 Å². The van der Waals surface area contributed by atoms with Crippen LogP contribution >= 0.6 is 0 Å². The van der Waals surface area contributed by atoms with Crippen molar-refractivity contribution in [2.75, 3.05) is 17.7 Å². The lowest BCUT2D eigenvalue weighted by atomic mass is 10.1. The van der Waals surface area contributed by atoms with Crippen LogP contribution in [0.15, 0.2) is 66.7 Å². The Morgan fingerprint density at radius 1 is 0.893 bits per heavy atom. The van der Waals surface area contributed by atoms with Gasteiger partial charge >= 0.3 is 0 Å². The van der Waals surface area contributed by atoms with Gasteiger partial charge in [-0.1, -0.05) is 24.3 Å². The first-order chi connectivity index (χ1) is 13.5. The molecule has 0 heterocycles. The number of hydrogen-bond donors (Lipinski definition) is 2. The van der Waals surface area contributed by atoms with E-state index >= 15 is 0 Å². The first-order valence-electron chi connectivity index (χ1n) is 8.60. The molecule has 2 amide bonds. The van der Waals surface area contributed by atoms with Gasteiger partial charge in [0.05, 0.1) is 12.7 Å². The molecule has 0 saturated carbocycles. The summed E-state index contributed by atoms with van der Waals surface area (Å²) in [6.45, 7) is 1.80. The number of rotatable bonds is 5. The Morgan fingerprint density at radius 3 is 2.36 bits per heavy atom. The summed E-state index contributed by atoms with van der Waals surface area (Å²) in [4.78, 5) is 25.1. The van der Waals surface area contributed by atoms with Gasteiger partial charge in [-0.15, -0.1) is 0 Å². The highest BCUT2D eigenvalue weighted by Crippen LogP contribution is 2.23. The molecule has 0 saturated heterocycles. The zero-order valence-corrected chi connectivity index (χ0v) is 15.5. The predicted octanol–water partition coefficient (Wildman–Crippen LogP) is 4.65. The third-order valence-corrected chi connectivity index (χ3v) is 4.19. The van der Waals surface area contributed by atoms with Crippen LogP contribution in [0.5, 0.6) is 5.75 Å². The summed E-state index contributed by atoms with van der Waals surface area (Å²) in [7, 11) is 1.41. The van der Waals surface area contributed by atoms with Gasteiger partial charge in [-0.25, -0.2) is 4.39 Å². The molecule has 0 radical (unpaired) electrons. The first kappa shape index (κ1) is 19.1. The molecule has 0 spiro atoms. The van der Waals surface area contributed by atoms with E-state index in [9.17, 15) is 14.0 Å². The number of aryl methyl sites for hydroxylation is 1. The molecule has 0 aliphatic carbocycles. The van der Waals surface area contributed by atoms with E-state index in [1.165, 1.54) is 19.2 Å². The van der Waals surface area contributed by atoms with Crippen molar-refractivity contribution in [2.45, 2.75) is 6.92 Å². The minimum absolute atomic E-state index is 0.0704. The van der Waals surface area contributed by atoms with Gasteiger partial charge in [0.25, 0.3) is 11.8 Å². The highest BCUT2D eigenvalue weighted by atomic mass is 19.1. The van der Waals surface area contributed by atoms with Crippen molar-refractivity contribution in [3.8, 4) is 5.75 Å². The van der Waals surface area contributed by atoms with Crippen molar-refractivity contribution in [1.82, 2.24) is 0 Å². The molecule has 0 atom stereocenters. The highest BCUT2D eigenvalue weighted by Gasteiger charge is 2.16. The third kappa shape index (κ3) is 4.35. The molecule has 0 fully saturated rings. The molecule has 5 nitrogen and oxygen atoms in total. The monoisotopic (exact) mass is 378 g/mol. The van der Waals surface area contributed by atoms with E-state index in [1.807, 2.05) is 18.2 Å². The van der Waals surface area contributed by atoms with Crippen LogP contribution in [0.2, 0.25) is 0 Å². The van der Waals surface area contributed by atoms with E-state index in [-0.39, 0.29) is 17.2 Å². The predicted molar refractivity (Wildman–Crippen MR) is 106 cm³/mol. The molecule has 28 heavy (non-hydrogen) atoms. The average molecular weight is 378 g/mol. The highest BCUT2D eigenvalue weighted by molar-refractivity contribution is 6.08. The summed E-state index contributed by atoms with van der Waals surface area (Å²) in [6.07, 6.45) is 0. The van der Waals surface area contributed by atoms with Crippen molar-refractivity contribution in [2.24, 2.45) is 0 Å². The molecule has 0 aliphatic heterocycles. The number of benzene rings is 3. The molecule has 0 unspecified atom stereocenters. The van der Waals surface area contributed by atoms with Crippen molar-refractivity contribution >= 4 is 23.2 Å². The van der Waals surface area contributed by atoms with E-state index in [1.54, 1.807) is 37.3 Å². The van der Waals surface area contributed by atoms with Gasteiger partial charge in [0.1, 0.15) is 11.6 Å². The zero-order valence-electron chi connectivity index (χ0n) is 15.5. The van der Waals surface area contributed by atoms with Crippen molar-refractivity contribution in [1.29, 1.82) is 0 Å². The molecule has 2 N–H and O–H groups in total. The van der Waals surface area contributed by atoms with Crippen LogP contribution in [0.3, 0.4) is 0 Å². The number of nitrogens with one attached hydrogen (secondary N) is 2. The van der Waals surface area contributed by atoms with Crippen LogP contribution in [0.1, 0.15) is 26.3 Å². The second-order valence-corrected chi connectivity index (χ2v) is 6.15. The number of para-hydroxylation sites is 1. The zero-order chi connectivity index (χ0) is 20.1. The molecule has 3 aromatic carbocycles. The van der Waals surface area contributed by atoms with Crippen LogP contribution in [-0.2, 0) is 0 Å². The van der Waals surface area contributed by atoms with Gasteiger partial charge in [-0.3, -0.25) is 9.59 Å². The minimum Gasteiger partial charge on any atom is -0.496 e. The SMILES string of the molecule is COc1ccc(F)cc1C(=O)Nc1cc(C(=O)Nc2ccccc2)ccc1C. The van der Waals surface area contributed by atoms with E-state index in [2.05, 4.69) is 10.6 Å². The molecule has 6 heteroatoms. The number of carbonyl (C=O) groups is 2. The topological polar surface area (TPSA) is 67.4 Å². The van der Waals surface area contributed by atoms with E-state index in [0.717, 1.165) is 11.6 Å². The lowest BCUT2D eigenvalue weighted by Crippen LogP contribution is -2.16. The standard InChI is InChI=1S/C22H19FN2O3/c1-14-8-9-15(21(26)24-17-6-4-3-5-7-17)12-19(14)25-22(27)18-13-16(23)10-11-20(18)28-2/h3-13H,1-2H3,(H,24,26)(H,25,27). The Morgan fingerprint density at radius 2 is 1.64 bits per heavy atom. The maximum Gasteiger partial charge on any atom is 0.259 e. The van der Waals surface area contributed by atoms with Crippen molar-refractivity contribution in [3.63, 3.8) is 0 Å². The summed E-state index contributed by atoms with van der Waals surface area (Å²) in [5.74, 6) is -1.11. The fourth-order valence-electron chi connectivity index (χ4n) is 2.67. The smallest absolute Gasteiger partial charge is 0.259 e. The number of ether oxygens (including phenoxy) is 1. The van der Waals surface area contributed by atoms with Crippen LogP contribution in [-0.4, -0.2) is 18.9 Å². The molecule has 142 valence electrons.